The second-order valence-electron chi connectivity index (χ2n) is 6.86. The van der Waals surface area contributed by atoms with Crippen LogP contribution in [0.15, 0.2) is 84.9 Å². The van der Waals surface area contributed by atoms with Crippen LogP contribution in [-0.2, 0) is 12.4 Å². The first-order chi connectivity index (χ1) is 14.1. The van der Waals surface area contributed by atoms with Crippen LogP contribution in [0.3, 0.4) is 0 Å². The van der Waals surface area contributed by atoms with Crippen molar-refractivity contribution in [2.45, 2.75) is 12.4 Å². The standard InChI is InChI=1S/C24H14F6/c25-23(26,27)18-10-5-16(6-11-18)21-14-9-15-3-1-2-4-20(15)22(21)17-7-12-19(13-8-17)24(28,29)30/h1-14H. The van der Waals surface area contributed by atoms with Gasteiger partial charge in [0.2, 0.25) is 0 Å². The lowest BCUT2D eigenvalue weighted by Crippen LogP contribution is -2.04. The molecule has 4 aromatic carbocycles. The van der Waals surface area contributed by atoms with Crippen LogP contribution in [0.25, 0.3) is 33.0 Å². The van der Waals surface area contributed by atoms with Crippen LogP contribution in [-0.4, -0.2) is 0 Å². The van der Waals surface area contributed by atoms with E-state index in [9.17, 15) is 26.3 Å². The average molecular weight is 416 g/mol. The van der Waals surface area contributed by atoms with Crippen LogP contribution in [0.1, 0.15) is 11.1 Å². The van der Waals surface area contributed by atoms with Crippen molar-refractivity contribution < 1.29 is 26.3 Å². The molecule has 0 amide bonds. The van der Waals surface area contributed by atoms with Crippen LogP contribution in [0.4, 0.5) is 26.3 Å². The zero-order valence-electron chi connectivity index (χ0n) is 15.4. The highest BCUT2D eigenvalue weighted by Crippen LogP contribution is 2.40. The molecule has 152 valence electrons. The second kappa shape index (κ2) is 7.20. The van der Waals surface area contributed by atoms with Crippen LogP contribution < -0.4 is 0 Å². The Morgan fingerprint density at radius 2 is 0.967 bits per heavy atom. The molecule has 0 unspecified atom stereocenters. The Bertz CT molecular complexity index is 1180. The first-order valence-corrected chi connectivity index (χ1v) is 9.01. The van der Waals surface area contributed by atoms with Gasteiger partial charge in [0.05, 0.1) is 11.1 Å². The summed E-state index contributed by atoms with van der Waals surface area (Å²) in [5.41, 5.74) is 0.882. The monoisotopic (exact) mass is 416 g/mol. The lowest BCUT2D eigenvalue weighted by molar-refractivity contribution is -0.138. The largest absolute Gasteiger partial charge is 0.416 e. The molecule has 4 rings (SSSR count). The first kappa shape index (κ1) is 20.0. The smallest absolute Gasteiger partial charge is 0.166 e. The fraction of sp³-hybridized carbons (Fsp3) is 0.0833. The maximum atomic E-state index is 13.0. The number of fused-ring (bicyclic) bond motifs is 1. The van der Waals surface area contributed by atoms with Gasteiger partial charge in [-0.15, -0.1) is 0 Å². The van der Waals surface area contributed by atoms with Crippen molar-refractivity contribution in [3.05, 3.63) is 96.1 Å². The number of benzene rings is 4. The van der Waals surface area contributed by atoms with Gasteiger partial charge in [-0.3, -0.25) is 0 Å². The highest BCUT2D eigenvalue weighted by atomic mass is 19.4. The van der Waals surface area contributed by atoms with Crippen LogP contribution in [0.2, 0.25) is 0 Å². The molecule has 0 heterocycles. The van der Waals surface area contributed by atoms with Crippen molar-refractivity contribution in [2.24, 2.45) is 0 Å². The van der Waals surface area contributed by atoms with Gasteiger partial charge in [-0.1, -0.05) is 60.7 Å². The molecule has 0 spiro atoms. The quantitative estimate of drug-likeness (QED) is 0.289. The minimum absolute atomic E-state index is 0.545. The predicted octanol–water partition coefficient (Wildman–Crippen LogP) is 8.21. The van der Waals surface area contributed by atoms with E-state index in [0.717, 1.165) is 35.0 Å². The molecular weight excluding hydrogens is 402 g/mol. The topological polar surface area (TPSA) is 0 Å². The van der Waals surface area contributed by atoms with Gasteiger partial charge in [0.25, 0.3) is 0 Å². The Morgan fingerprint density at radius 1 is 0.467 bits per heavy atom. The van der Waals surface area contributed by atoms with Crippen molar-refractivity contribution in [1.82, 2.24) is 0 Å². The summed E-state index contributed by atoms with van der Waals surface area (Å²) >= 11 is 0. The lowest BCUT2D eigenvalue weighted by Gasteiger charge is -2.16. The molecule has 0 fully saturated rings. The van der Waals surface area contributed by atoms with E-state index in [2.05, 4.69) is 0 Å². The van der Waals surface area contributed by atoms with Gasteiger partial charge in [-0.2, -0.15) is 26.3 Å². The molecule has 0 radical (unpaired) electrons. The summed E-state index contributed by atoms with van der Waals surface area (Å²) in [5.74, 6) is 0. The minimum Gasteiger partial charge on any atom is -0.166 e. The Kier molecular flexibility index (Phi) is 4.80. The number of alkyl halides is 6. The third kappa shape index (κ3) is 3.77. The van der Waals surface area contributed by atoms with Gasteiger partial charge in [0.15, 0.2) is 0 Å². The molecule has 0 aromatic heterocycles. The summed E-state index contributed by atoms with van der Waals surface area (Å²) in [6.07, 6.45) is -8.90. The summed E-state index contributed by atoms with van der Waals surface area (Å²) in [6.45, 7) is 0. The highest BCUT2D eigenvalue weighted by Gasteiger charge is 2.31. The van der Waals surface area contributed by atoms with Crippen molar-refractivity contribution in [3.8, 4) is 22.3 Å². The van der Waals surface area contributed by atoms with Gasteiger partial charge < -0.3 is 0 Å². The van der Waals surface area contributed by atoms with Crippen LogP contribution in [0, 0.1) is 0 Å². The third-order valence-electron chi connectivity index (χ3n) is 4.95. The van der Waals surface area contributed by atoms with Crippen molar-refractivity contribution in [3.63, 3.8) is 0 Å². The predicted molar refractivity (Wildman–Crippen MR) is 105 cm³/mol. The Balaban J connectivity index is 1.91. The Morgan fingerprint density at radius 3 is 1.50 bits per heavy atom. The fourth-order valence-electron chi connectivity index (χ4n) is 3.49. The van der Waals surface area contributed by atoms with Crippen LogP contribution in [0.5, 0.6) is 0 Å². The molecule has 6 heteroatoms. The minimum atomic E-state index is -4.45. The summed E-state index contributed by atoms with van der Waals surface area (Å²) in [7, 11) is 0. The molecule has 4 aromatic rings. The van der Waals surface area contributed by atoms with Gasteiger partial charge in [-0.25, -0.2) is 0 Å². The lowest BCUT2D eigenvalue weighted by atomic mass is 9.89. The fourth-order valence-corrected chi connectivity index (χ4v) is 3.49. The molecular formula is C24H14F6. The van der Waals surface area contributed by atoms with Crippen molar-refractivity contribution >= 4 is 10.8 Å². The molecule has 0 aliphatic rings. The van der Waals surface area contributed by atoms with Crippen LogP contribution >= 0.6 is 0 Å². The summed E-state index contributed by atoms with van der Waals surface area (Å²) in [5, 5.41) is 1.68. The van der Waals surface area contributed by atoms with E-state index in [4.69, 9.17) is 0 Å². The van der Waals surface area contributed by atoms with Gasteiger partial charge >= 0.3 is 12.4 Å². The maximum absolute atomic E-state index is 13.0. The summed E-state index contributed by atoms with van der Waals surface area (Å²) in [6, 6.07) is 20.5. The van der Waals surface area contributed by atoms with Crippen molar-refractivity contribution in [1.29, 1.82) is 0 Å². The summed E-state index contributed by atoms with van der Waals surface area (Å²) < 4.78 is 77.6. The zero-order chi connectivity index (χ0) is 21.5. The van der Waals surface area contributed by atoms with Crippen molar-refractivity contribution in [2.75, 3.05) is 0 Å². The Hall–Kier alpha value is -3.28. The number of halogens is 6. The second-order valence-corrected chi connectivity index (χ2v) is 6.86. The van der Waals surface area contributed by atoms with E-state index in [-0.39, 0.29) is 0 Å². The molecule has 0 saturated heterocycles. The van der Waals surface area contributed by atoms with E-state index >= 15 is 0 Å². The molecule has 0 nitrogen and oxygen atoms in total. The number of rotatable bonds is 2. The SMILES string of the molecule is FC(F)(F)c1ccc(-c2ccc3ccccc3c2-c2ccc(C(F)(F)F)cc2)cc1. The maximum Gasteiger partial charge on any atom is 0.416 e. The molecule has 0 bridgehead atoms. The van der Waals surface area contributed by atoms with Gasteiger partial charge in [0, 0.05) is 0 Å². The van der Waals surface area contributed by atoms with E-state index in [1.54, 1.807) is 6.07 Å². The molecule has 30 heavy (non-hydrogen) atoms. The van der Waals surface area contributed by atoms with Gasteiger partial charge in [0.1, 0.15) is 0 Å². The number of hydrogen-bond acceptors (Lipinski definition) is 0. The molecule has 0 N–H and O–H groups in total. The average Bonchev–Trinajstić information content (AvgIpc) is 2.72. The van der Waals surface area contributed by atoms with E-state index in [0.29, 0.717) is 22.3 Å². The Labute approximate surface area is 168 Å². The molecule has 0 aliphatic carbocycles. The van der Waals surface area contributed by atoms with E-state index < -0.39 is 23.5 Å². The zero-order valence-corrected chi connectivity index (χ0v) is 15.4. The van der Waals surface area contributed by atoms with E-state index in [1.165, 1.54) is 24.3 Å². The highest BCUT2D eigenvalue weighted by molar-refractivity contribution is 6.04. The normalized spacial score (nSPS) is 12.3. The summed E-state index contributed by atoms with van der Waals surface area (Å²) in [4.78, 5) is 0. The van der Waals surface area contributed by atoms with E-state index in [1.807, 2.05) is 30.3 Å². The van der Waals surface area contributed by atoms with Gasteiger partial charge in [-0.05, 0) is 57.3 Å². The third-order valence-corrected chi connectivity index (χ3v) is 4.95. The molecule has 0 saturated carbocycles. The molecule has 0 atom stereocenters. The first-order valence-electron chi connectivity index (χ1n) is 9.01. The number of hydrogen-bond donors (Lipinski definition) is 0. The molecule has 0 aliphatic heterocycles.